The third kappa shape index (κ3) is 4.28. The Morgan fingerprint density at radius 3 is 2.68 bits per heavy atom. The van der Waals surface area contributed by atoms with Gasteiger partial charge in [-0.25, -0.2) is 4.98 Å². The average Bonchev–Trinajstić information content (AvgIpc) is 2.99. The van der Waals surface area contributed by atoms with Crippen LogP contribution in [0.1, 0.15) is 47.7 Å². The smallest absolute Gasteiger partial charge is 0.251 e. The second-order valence-corrected chi connectivity index (χ2v) is 6.82. The summed E-state index contributed by atoms with van der Waals surface area (Å²) in [6.45, 7) is 10.2. The molecule has 1 aliphatic heterocycles. The average molecular weight is 340 g/mol. The number of benzene rings is 1. The first kappa shape index (κ1) is 17.7. The number of amides is 1. The van der Waals surface area contributed by atoms with Crippen LogP contribution in [-0.4, -0.2) is 39.5 Å². The third-order valence-corrected chi connectivity index (χ3v) is 4.97. The van der Waals surface area contributed by atoms with Crippen molar-refractivity contribution in [1.29, 1.82) is 0 Å². The standard InChI is InChI=1S/C20H28N4O/c1-4-23(5-2)13-16-6-8-17(9-7-16)20(25)22-18-10-11-19-21-15(3)12-24(19)14-18/h6-9,12,18H,4-5,10-11,13-14H2,1-3H3,(H,22,25). The summed E-state index contributed by atoms with van der Waals surface area (Å²) in [4.78, 5) is 19.4. The van der Waals surface area contributed by atoms with Gasteiger partial charge in [-0.05, 0) is 44.1 Å². The number of carbonyl (C=O) groups excluding carboxylic acids is 1. The number of imidazole rings is 1. The predicted molar refractivity (Wildman–Crippen MR) is 99.6 cm³/mol. The molecule has 134 valence electrons. The molecular weight excluding hydrogens is 312 g/mol. The van der Waals surface area contributed by atoms with Crippen molar-refractivity contribution in [2.75, 3.05) is 13.1 Å². The van der Waals surface area contributed by atoms with Crippen molar-refractivity contribution >= 4 is 5.91 Å². The van der Waals surface area contributed by atoms with Gasteiger partial charge in [-0.2, -0.15) is 0 Å². The molecule has 0 bridgehead atoms. The van der Waals surface area contributed by atoms with Crippen molar-refractivity contribution in [1.82, 2.24) is 19.8 Å². The molecule has 0 fully saturated rings. The van der Waals surface area contributed by atoms with Gasteiger partial charge in [-0.15, -0.1) is 0 Å². The largest absolute Gasteiger partial charge is 0.347 e. The minimum Gasteiger partial charge on any atom is -0.347 e. The van der Waals surface area contributed by atoms with Crippen molar-refractivity contribution in [2.24, 2.45) is 0 Å². The summed E-state index contributed by atoms with van der Waals surface area (Å²) in [7, 11) is 0. The third-order valence-electron chi connectivity index (χ3n) is 4.97. The quantitative estimate of drug-likeness (QED) is 0.880. The number of carbonyl (C=O) groups is 1. The Labute approximate surface area is 150 Å². The first-order valence-corrected chi connectivity index (χ1v) is 9.23. The zero-order chi connectivity index (χ0) is 17.8. The highest BCUT2D eigenvalue weighted by Gasteiger charge is 2.21. The number of rotatable bonds is 6. The van der Waals surface area contributed by atoms with Crippen LogP contribution in [0.15, 0.2) is 30.5 Å². The zero-order valence-corrected chi connectivity index (χ0v) is 15.5. The van der Waals surface area contributed by atoms with E-state index in [0.29, 0.717) is 0 Å². The van der Waals surface area contributed by atoms with Gasteiger partial charge in [0.2, 0.25) is 0 Å². The van der Waals surface area contributed by atoms with Gasteiger partial charge < -0.3 is 9.88 Å². The fourth-order valence-corrected chi connectivity index (χ4v) is 3.44. The normalized spacial score (nSPS) is 16.7. The van der Waals surface area contributed by atoms with Crippen molar-refractivity contribution in [2.45, 2.75) is 52.7 Å². The lowest BCUT2D eigenvalue weighted by Gasteiger charge is -2.24. The highest BCUT2D eigenvalue weighted by atomic mass is 16.1. The van der Waals surface area contributed by atoms with Gasteiger partial charge >= 0.3 is 0 Å². The Kier molecular flexibility index (Phi) is 5.53. The second-order valence-electron chi connectivity index (χ2n) is 6.82. The topological polar surface area (TPSA) is 50.2 Å². The number of aromatic nitrogens is 2. The van der Waals surface area contributed by atoms with Crippen molar-refractivity contribution in [3.8, 4) is 0 Å². The van der Waals surface area contributed by atoms with Crippen LogP contribution in [0.2, 0.25) is 0 Å². The first-order chi connectivity index (χ1) is 12.1. The Morgan fingerprint density at radius 2 is 2.00 bits per heavy atom. The van der Waals surface area contributed by atoms with Crippen LogP contribution < -0.4 is 5.32 Å². The maximum atomic E-state index is 12.5. The minimum atomic E-state index is 0.0136. The summed E-state index contributed by atoms with van der Waals surface area (Å²) >= 11 is 0. The summed E-state index contributed by atoms with van der Waals surface area (Å²) in [5, 5.41) is 3.17. The van der Waals surface area contributed by atoms with Gasteiger partial charge in [0.05, 0.1) is 5.69 Å². The van der Waals surface area contributed by atoms with E-state index in [1.165, 1.54) is 5.56 Å². The van der Waals surface area contributed by atoms with Gasteiger partial charge in [0.15, 0.2) is 0 Å². The van der Waals surface area contributed by atoms with E-state index in [-0.39, 0.29) is 11.9 Å². The Hall–Kier alpha value is -2.14. The molecule has 0 radical (unpaired) electrons. The number of aryl methyl sites for hydroxylation is 2. The predicted octanol–water partition coefficient (Wildman–Crippen LogP) is 2.78. The SMILES string of the molecule is CCN(CC)Cc1ccc(C(=O)NC2CCc3nc(C)cn3C2)cc1. The summed E-state index contributed by atoms with van der Waals surface area (Å²) in [5.41, 5.74) is 3.03. The Balaban J connectivity index is 1.58. The van der Waals surface area contributed by atoms with Crippen LogP contribution >= 0.6 is 0 Å². The van der Waals surface area contributed by atoms with Crippen LogP contribution in [0.4, 0.5) is 0 Å². The Bertz CT molecular complexity index is 716. The van der Waals surface area contributed by atoms with Gasteiger partial charge in [0.25, 0.3) is 5.91 Å². The molecule has 3 rings (SSSR count). The molecule has 0 saturated carbocycles. The van der Waals surface area contributed by atoms with E-state index < -0.39 is 0 Å². The molecule has 0 spiro atoms. The van der Waals surface area contributed by atoms with Gasteiger partial charge in [-0.3, -0.25) is 9.69 Å². The molecule has 1 atom stereocenters. The van der Waals surface area contributed by atoms with Gasteiger partial charge in [0, 0.05) is 37.3 Å². The maximum Gasteiger partial charge on any atom is 0.251 e. The first-order valence-electron chi connectivity index (χ1n) is 9.23. The van der Waals surface area contributed by atoms with E-state index in [9.17, 15) is 4.79 Å². The van der Waals surface area contributed by atoms with Crippen LogP contribution in [0.25, 0.3) is 0 Å². The fourth-order valence-electron chi connectivity index (χ4n) is 3.44. The van der Waals surface area contributed by atoms with E-state index in [4.69, 9.17) is 0 Å². The fraction of sp³-hybridized carbons (Fsp3) is 0.500. The number of hydrogen-bond donors (Lipinski definition) is 1. The molecule has 5 heteroatoms. The van der Waals surface area contributed by atoms with Crippen LogP contribution in [-0.2, 0) is 19.5 Å². The molecule has 0 saturated heterocycles. The van der Waals surface area contributed by atoms with Gasteiger partial charge in [-0.1, -0.05) is 26.0 Å². The monoisotopic (exact) mass is 340 g/mol. The summed E-state index contributed by atoms with van der Waals surface area (Å²) in [6.07, 6.45) is 3.93. The summed E-state index contributed by atoms with van der Waals surface area (Å²) in [5.74, 6) is 1.14. The summed E-state index contributed by atoms with van der Waals surface area (Å²) < 4.78 is 2.16. The molecule has 25 heavy (non-hydrogen) atoms. The van der Waals surface area contributed by atoms with Gasteiger partial charge in [0.1, 0.15) is 5.82 Å². The number of nitrogens with one attached hydrogen (secondary N) is 1. The number of hydrogen-bond acceptors (Lipinski definition) is 3. The van der Waals surface area contributed by atoms with E-state index >= 15 is 0 Å². The molecule has 0 aliphatic carbocycles. The van der Waals surface area contributed by atoms with E-state index in [1.807, 2.05) is 19.1 Å². The molecule has 2 heterocycles. The highest BCUT2D eigenvalue weighted by molar-refractivity contribution is 5.94. The molecule has 1 amide bonds. The molecule has 1 aromatic heterocycles. The molecular formula is C20H28N4O. The van der Waals surface area contributed by atoms with Crippen LogP contribution in [0, 0.1) is 6.92 Å². The number of fused-ring (bicyclic) bond motifs is 1. The second kappa shape index (κ2) is 7.83. The molecule has 1 aliphatic rings. The van der Waals surface area contributed by atoms with Crippen molar-refractivity contribution < 1.29 is 4.79 Å². The molecule has 1 aromatic carbocycles. The van der Waals surface area contributed by atoms with E-state index in [0.717, 1.165) is 56.1 Å². The maximum absolute atomic E-state index is 12.5. The number of nitrogens with zero attached hydrogens (tertiary/aromatic N) is 3. The molecule has 1 N–H and O–H groups in total. The lowest BCUT2D eigenvalue weighted by atomic mass is 10.1. The minimum absolute atomic E-state index is 0.0136. The molecule has 2 aromatic rings. The summed E-state index contributed by atoms with van der Waals surface area (Å²) in [6, 6.07) is 8.16. The lowest BCUT2D eigenvalue weighted by Crippen LogP contribution is -2.40. The Morgan fingerprint density at radius 1 is 1.28 bits per heavy atom. The van der Waals surface area contributed by atoms with Crippen molar-refractivity contribution in [3.05, 3.63) is 53.1 Å². The lowest BCUT2D eigenvalue weighted by molar-refractivity contribution is 0.0927. The molecule has 1 unspecified atom stereocenters. The van der Waals surface area contributed by atoms with Crippen molar-refractivity contribution in [3.63, 3.8) is 0 Å². The van der Waals surface area contributed by atoms with E-state index in [1.54, 1.807) is 0 Å². The van der Waals surface area contributed by atoms with Crippen LogP contribution in [0.5, 0.6) is 0 Å². The highest BCUT2D eigenvalue weighted by Crippen LogP contribution is 2.16. The van der Waals surface area contributed by atoms with E-state index in [2.05, 4.69) is 51.9 Å². The molecule has 5 nitrogen and oxygen atoms in total. The van der Waals surface area contributed by atoms with Crippen LogP contribution in [0.3, 0.4) is 0 Å². The zero-order valence-electron chi connectivity index (χ0n) is 15.5.